The molecule has 11 heteroatoms. The first kappa shape index (κ1) is 19.0. The van der Waals surface area contributed by atoms with Crippen LogP contribution in [-0.4, -0.2) is 70.7 Å². The van der Waals surface area contributed by atoms with Gasteiger partial charge >= 0.3 is 10.4 Å². The molecule has 0 amide bonds. The maximum Gasteiger partial charge on any atom is 0.397 e. The SMILES string of the molecule is O=S(=O)(O)OC[C@H]1O[C@@H](Oc2cccc(CO)c2)[C@H](O)[C@@H](O)[C@@H]1O. The molecule has 136 valence electrons. The van der Waals surface area contributed by atoms with Gasteiger partial charge in [0.25, 0.3) is 0 Å². The summed E-state index contributed by atoms with van der Waals surface area (Å²) in [5.41, 5.74) is 0.532. The van der Waals surface area contributed by atoms with Crippen molar-refractivity contribution < 1.29 is 47.1 Å². The maximum atomic E-state index is 10.6. The number of hydrogen-bond donors (Lipinski definition) is 5. The molecule has 1 aromatic carbocycles. The Morgan fingerprint density at radius 3 is 2.46 bits per heavy atom. The molecular formula is C13H18O10S. The summed E-state index contributed by atoms with van der Waals surface area (Å²) in [6.45, 7) is -1.03. The molecule has 1 aliphatic rings. The Morgan fingerprint density at radius 1 is 1.12 bits per heavy atom. The van der Waals surface area contributed by atoms with Crippen LogP contribution in [0.4, 0.5) is 0 Å². The number of hydrogen-bond acceptors (Lipinski definition) is 9. The first-order valence-electron chi connectivity index (χ1n) is 6.89. The lowest BCUT2D eigenvalue weighted by Gasteiger charge is -2.39. The molecule has 24 heavy (non-hydrogen) atoms. The van der Waals surface area contributed by atoms with E-state index in [1.165, 1.54) is 12.1 Å². The van der Waals surface area contributed by atoms with Crippen LogP contribution in [0.1, 0.15) is 5.56 Å². The van der Waals surface area contributed by atoms with E-state index in [2.05, 4.69) is 4.18 Å². The van der Waals surface area contributed by atoms with Crippen molar-refractivity contribution in [2.24, 2.45) is 0 Å². The number of rotatable bonds is 6. The fourth-order valence-corrected chi connectivity index (χ4v) is 2.46. The van der Waals surface area contributed by atoms with Gasteiger partial charge < -0.3 is 29.9 Å². The van der Waals surface area contributed by atoms with Gasteiger partial charge in [-0.1, -0.05) is 12.1 Å². The second kappa shape index (κ2) is 7.72. The zero-order chi connectivity index (χ0) is 17.9. The first-order valence-corrected chi connectivity index (χ1v) is 8.25. The predicted molar refractivity (Wildman–Crippen MR) is 77.2 cm³/mol. The van der Waals surface area contributed by atoms with Gasteiger partial charge in [0.1, 0.15) is 30.2 Å². The average Bonchev–Trinajstić information content (AvgIpc) is 2.53. The van der Waals surface area contributed by atoms with Gasteiger partial charge in [-0.25, -0.2) is 4.18 Å². The smallest absolute Gasteiger partial charge is 0.397 e. The van der Waals surface area contributed by atoms with E-state index in [0.717, 1.165) is 0 Å². The lowest BCUT2D eigenvalue weighted by Crippen LogP contribution is -2.60. The summed E-state index contributed by atoms with van der Waals surface area (Å²) in [4.78, 5) is 0. The molecule has 1 fully saturated rings. The quantitative estimate of drug-likeness (QED) is 0.362. The largest absolute Gasteiger partial charge is 0.462 e. The number of aliphatic hydroxyl groups excluding tert-OH is 4. The summed E-state index contributed by atoms with van der Waals surface area (Å²) in [5, 5.41) is 38.6. The van der Waals surface area contributed by atoms with Crippen molar-refractivity contribution in [2.75, 3.05) is 6.61 Å². The summed E-state index contributed by atoms with van der Waals surface area (Å²) in [6.07, 6.45) is -7.80. The van der Waals surface area contributed by atoms with Gasteiger partial charge in [0, 0.05) is 0 Å². The van der Waals surface area contributed by atoms with Crippen molar-refractivity contribution in [3.05, 3.63) is 29.8 Å². The van der Waals surface area contributed by atoms with Gasteiger partial charge in [0.15, 0.2) is 0 Å². The molecule has 2 rings (SSSR count). The Bertz CT molecular complexity index is 648. The van der Waals surface area contributed by atoms with E-state index in [1.54, 1.807) is 12.1 Å². The molecule has 10 nitrogen and oxygen atoms in total. The Morgan fingerprint density at radius 2 is 1.83 bits per heavy atom. The molecule has 0 saturated carbocycles. The van der Waals surface area contributed by atoms with E-state index in [9.17, 15) is 23.7 Å². The monoisotopic (exact) mass is 366 g/mol. The second-order valence-corrected chi connectivity index (χ2v) is 6.24. The minimum atomic E-state index is -4.77. The van der Waals surface area contributed by atoms with Gasteiger partial charge in [0.05, 0.1) is 13.2 Å². The van der Waals surface area contributed by atoms with E-state index in [0.29, 0.717) is 5.56 Å². The van der Waals surface area contributed by atoms with Crippen LogP contribution in [0.15, 0.2) is 24.3 Å². The molecule has 1 aromatic rings. The minimum absolute atomic E-state index is 0.212. The second-order valence-electron chi connectivity index (χ2n) is 5.15. The fraction of sp³-hybridized carbons (Fsp3) is 0.538. The summed E-state index contributed by atoms with van der Waals surface area (Å²) in [7, 11) is -4.77. The van der Waals surface area contributed by atoms with Crippen LogP contribution in [0.25, 0.3) is 0 Å². The maximum absolute atomic E-state index is 10.6. The van der Waals surface area contributed by atoms with Crippen molar-refractivity contribution in [1.29, 1.82) is 0 Å². The number of benzene rings is 1. The third kappa shape index (κ3) is 4.84. The van der Waals surface area contributed by atoms with Gasteiger partial charge in [-0.3, -0.25) is 4.55 Å². The average molecular weight is 366 g/mol. The lowest BCUT2D eigenvalue weighted by atomic mass is 9.99. The van der Waals surface area contributed by atoms with Gasteiger partial charge in [-0.2, -0.15) is 8.42 Å². The van der Waals surface area contributed by atoms with Crippen molar-refractivity contribution in [3.8, 4) is 5.75 Å². The summed E-state index contributed by atoms with van der Waals surface area (Å²) < 4.78 is 44.5. The number of aliphatic hydroxyl groups is 4. The van der Waals surface area contributed by atoms with Crippen molar-refractivity contribution in [1.82, 2.24) is 0 Å². The highest BCUT2D eigenvalue weighted by Gasteiger charge is 2.45. The highest BCUT2D eigenvalue weighted by Crippen LogP contribution is 2.25. The predicted octanol–water partition coefficient (Wildman–Crippen LogP) is -1.82. The zero-order valence-electron chi connectivity index (χ0n) is 12.3. The third-order valence-electron chi connectivity index (χ3n) is 3.38. The third-order valence-corrected chi connectivity index (χ3v) is 3.82. The first-order chi connectivity index (χ1) is 11.2. The van der Waals surface area contributed by atoms with Crippen molar-refractivity contribution >= 4 is 10.4 Å². The number of ether oxygens (including phenoxy) is 2. The summed E-state index contributed by atoms with van der Waals surface area (Å²) in [5.74, 6) is 0.212. The minimum Gasteiger partial charge on any atom is -0.462 e. The van der Waals surface area contributed by atoms with E-state index >= 15 is 0 Å². The van der Waals surface area contributed by atoms with Crippen LogP contribution in [0.5, 0.6) is 5.75 Å². The van der Waals surface area contributed by atoms with Crippen LogP contribution in [0.3, 0.4) is 0 Å². The van der Waals surface area contributed by atoms with Crippen LogP contribution < -0.4 is 4.74 Å². The van der Waals surface area contributed by atoms with Crippen molar-refractivity contribution in [2.45, 2.75) is 37.3 Å². The van der Waals surface area contributed by atoms with E-state index in [4.69, 9.17) is 19.1 Å². The van der Waals surface area contributed by atoms with Crippen LogP contribution in [-0.2, 0) is 25.9 Å². The molecule has 1 saturated heterocycles. The molecule has 0 aromatic heterocycles. The van der Waals surface area contributed by atoms with Crippen LogP contribution in [0.2, 0.25) is 0 Å². The Labute approximate surface area is 137 Å². The summed E-state index contributed by atoms with van der Waals surface area (Å²) >= 11 is 0. The Hall–Kier alpha value is -1.31. The molecule has 1 aliphatic heterocycles. The van der Waals surface area contributed by atoms with Gasteiger partial charge in [-0.15, -0.1) is 0 Å². The standard InChI is InChI=1S/C13H18O10S/c14-5-7-2-1-3-8(4-7)22-13-12(17)11(16)10(15)9(23-13)6-21-24(18,19)20/h1-4,9-17H,5-6H2,(H,18,19,20)/t9-,10-,11+,12-,13-/m1/s1. The molecule has 5 atom stereocenters. The van der Waals surface area contributed by atoms with E-state index in [1.807, 2.05) is 0 Å². The van der Waals surface area contributed by atoms with Crippen LogP contribution >= 0.6 is 0 Å². The summed E-state index contributed by atoms with van der Waals surface area (Å²) in [6, 6.07) is 6.19. The van der Waals surface area contributed by atoms with Gasteiger partial charge in [-0.05, 0) is 17.7 Å². The molecule has 0 spiro atoms. The Balaban J connectivity index is 2.10. The molecule has 0 bridgehead atoms. The molecule has 0 unspecified atom stereocenters. The van der Waals surface area contributed by atoms with E-state index in [-0.39, 0.29) is 12.4 Å². The normalized spacial score (nSPS) is 31.0. The fourth-order valence-electron chi connectivity index (χ4n) is 2.16. The molecule has 0 radical (unpaired) electrons. The topological polar surface area (TPSA) is 163 Å². The lowest BCUT2D eigenvalue weighted by molar-refractivity contribution is -0.276. The highest BCUT2D eigenvalue weighted by atomic mass is 32.3. The van der Waals surface area contributed by atoms with Crippen molar-refractivity contribution in [3.63, 3.8) is 0 Å². The molecular weight excluding hydrogens is 348 g/mol. The molecule has 5 N–H and O–H groups in total. The highest BCUT2D eigenvalue weighted by molar-refractivity contribution is 7.80. The van der Waals surface area contributed by atoms with E-state index < -0.39 is 47.7 Å². The molecule has 1 heterocycles. The molecule has 0 aliphatic carbocycles. The van der Waals surface area contributed by atoms with Gasteiger partial charge in [0.2, 0.25) is 6.29 Å². The zero-order valence-corrected chi connectivity index (χ0v) is 13.1. The Kier molecular flexibility index (Phi) is 6.11. The van der Waals surface area contributed by atoms with Crippen LogP contribution in [0, 0.1) is 0 Å².